The van der Waals surface area contributed by atoms with Crippen LogP contribution in [0.25, 0.3) is 0 Å². The molecule has 1 unspecified atom stereocenters. The van der Waals surface area contributed by atoms with Gasteiger partial charge in [0.15, 0.2) is 0 Å². The number of pyridine rings is 1. The Balaban J connectivity index is 1.97. The molecule has 0 bridgehead atoms. The standard InChI is InChI=1S/C17H20N2O3S/c1-13-12-15(5-6-17(13)22-2)23(20,21)19-11-3-4-16(19)14-7-9-18-10-8-14/h5-10,12,16H,3-4,11H2,1-2H3. The van der Waals surface area contributed by atoms with Crippen LogP contribution in [0.5, 0.6) is 5.75 Å². The smallest absolute Gasteiger partial charge is 0.243 e. The lowest BCUT2D eigenvalue weighted by molar-refractivity contribution is 0.395. The van der Waals surface area contributed by atoms with E-state index >= 15 is 0 Å². The van der Waals surface area contributed by atoms with E-state index in [1.807, 2.05) is 19.1 Å². The summed E-state index contributed by atoms with van der Waals surface area (Å²) in [5.74, 6) is 0.691. The predicted molar refractivity (Wildman–Crippen MR) is 87.8 cm³/mol. The number of sulfonamides is 1. The molecule has 1 aromatic carbocycles. The highest BCUT2D eigenvalue weighted by Crippen LogP contribution is 2.36. The fraction of sp³-hybridized carbons (Fsp3) is 0.353. The minimum Gasteiger partial charge on any atom is -0.496 e. The molecule has 0 N–H and O–H groups in total. The first-order chi connectivity index (χ1) is 11.0. The summed E-state index contributed by atoms with van der Waals surface area (Å²) in [5.41, 5.74) is 1.81. The highest BCUT2D eigenvalue weighted by molar-refractivity contribution is 7.89. The average Bonchev–Trinajstić information content (AvgIpc) is 3.06. The van der Waals surface area contributed by atoms with E-state index in [-0.39, 0.29) is 6.04 Å². The first kappa shape index (κ1) is 16.0. The van der Waals surface area contributed by atoms with Crippen LogP contribution in [0.2, 0.25) is 0 Å². The Labute approximate surface area is 137 Å². The van der Waals surface area contributed by atoms with Crippen molar-refractivity contribution in [1.82, 2.24) is 9.29 Å². The van der Waals surface area contributed by atoms with Crippen LogP contribution >= 0.6 is 0 Å². The molecule has 1 saturated heterocycles. The molecule has 1 aliphatic heterocycles. The monoisotopic (exact) mass is 332 g/mol. The number of rotatable bonds is 4. The Kier molecular flexibility index (Phi) is 4.37. The minimum atomic E-state index is -3.53. The predicted octanol–water partition coefficient (Wildman–Crippen LogP) is 2.92. The van der Waals surface area contributed by atoms with E-state index in [1.54, 1.807) is 42.0 Å². The van der Waals surface area contributed by atoms with Crippen LogP contribution < -0.4 is 4.74 Å². The summed E-state index contributed by atoms with van der Waals surface area (Å²) in [6.07, 6.45) is 5.10. The number of aryl methyl sites for hydroxylation is 1. The van der Waals surface area contributed by atoms with Crippen molar-refractivity contribution in [2.75, 3.05) is 13.7 Å². The second-order valence-corrected chi connectivity index (χ2v) is 7.58. The number of hydrogen-bond donors (Lipinski definition) is 0. The van der Waals surface area contributed by atoms with Crippen LogP contribution in [-0.2, 0) is 10.0 Å². The molecule has 0 radical (unpaired) electrons. The minimum absolute atomic E-state index is 0.120. The van der Waals surface area contributed by atoms with Gasteiger partial charge in [-0.3, -0.25) is 4.98 Å². The second kappa shape index (κ2) is 6.29. The SMILES string of the molecule is COc1ccc(S(=O)(=O)N2CCCC2c2ccncc2)cc1C. The van der Waals surface area contributed by atoms with Crippen molar-refractivity contribution in [3.05, 3.63) is 53.9 Å². The normalized spacial score (nSPS) is 19.0. The molecule has 1 atom stereocenters. The third-order valence-electron chi connectivity index (χ3n) is 4.27. The molecule has 2 aromatic rings. The molecular formula is C17H20N2O3S. The van der Waals surface area contributed by atoms with Gasteiger partial charge in [0.1, 0.15) is 5.75 Å². The molecule has 0 spiro atoms. The van der Waals surface area contributed by atoms with Gasteiger partial charge in [-0.25, -0.2) is 8.42 Å². The highest BCUT2D eigenvalue weighted by atomic mass is 32.2. The van der Waals surface area contributed by atoms with Crippen LogP contribution in [0.4, 0.5) is 0 Å². The first-order valence-corrected chi connectivity index (χ1v) is 9.04. The fourth-order valence-electron chi connectivity index (χ4n) is 3.09. The summed E-state index contributed by atoms with van der Waals surface area (Å²) in [5, 5.41) is 0. The molecule has 1 fully saturated rings. The molecule has 0 aliphatic carbocycles. The summed E-state index contributed by atoms with van der Waals surface area (Å²) in [6.45, 7) is 2.39. The van der Waals surface area contributed by atoms with Crippen molar-refractivity contribution in [3.63, 3.8) is 0 Å². The van der Waals surface area contributed by atoms with Crippen molar-refractivity contribution in [2.45, 2.75) is 30.7 Å². The van der Waals surface area contributed by atoms with Crippen LogP contribution in [0.15, 0.2) is 47.6 Å². The number of methoxy groups -OCH3 is 1. The number of nitrogens with zero attached hydrogens (tertiary/aromatic N) is 2. The second-order valence-electron chi connectivity index (χ2n) is 5.69. The zero-order valence-electron chi connectivity index (χ0n) is 13.3. The molecular weight excluding hydrogens is 312 g/mol. The molecule has 5 nitrogen and oxygen atoms in total. The van der Waals surface area contributed by atoms with Crippen LogP contribution in [0.3, 0.4) is 0 Å². The van der Waals surface area contributed by atoms with Gasteiger partial charge in [-0.15, -0.1) is 0 Å². The Bertz CT molecular complexity index is 791. The van der Waals surface area contributed by atoms with Gasteiger partial charge in [0, 0.05) is 18.9 Å². The van der Waals surface area contributed by atoms with Crippen LogP contribution in [0.1, 0.15) is 30.0 Å². The Morgan fingerprint density at radius 1 is 1.22 bits per heavy atom. The van der Waals surface area contributed by atoms with Crippen molar-refractivity contribution in [1.29, 1.82) is 0 Å². The molecule has 1 aliphatic rings. The summed E-state index contributed by atoms with van der Waals surface area (Å²) >= 11 is 0. The lowest BCUT2D eigenvalue weighted by Gasteiger charge is -2.24. The van der Waals surface area contributed by atoms with Gasteiger partial charge in [0.2, 0.25) is 10.0 Å². The molecule has 0 amide bonds. The summed E-state index contributed by atoms with van der Waals surface area (Å²) in [7, 11) is -1.95. The summed E-state index contributed by atoms with van der Waals surface area (Å²) in [6, 6.07) is 8.65. The molecule has 3 rings (SSSR count). The lowest BCUT2D eigenvalue weighted by Crippen LogP contribution is -2.30. The van der Waals surface area contributed by atoms with Crippen LogP contribution in [-0.4, -0.2) is 31.4 Å². The quantitative estimate of drug-likeness (QED) is 0.864. The maximum absolute atomic E-state index is 13.0. The third-order valence-corrected chi connectivity index (χ3v) is 6.17. The van der Waals surface area contributed by atoms with E-state index < -0.39 is 10.0 Å². The maximum Gasteiger partial charge on any atom is 0.243 e. The fourth-order valence-corrected chi connectivity index (χ4v) is 4.86. The maximum atomic E-state index is 13.0. The van der Waals surface area contributed by atoms with Crippen molar-refractivity contribution in [2.24, 2.45) is 0 Å². The van der Waals surface area contributed by atoms with E-state index in [0.29, 0.717) is 17.2 Å². The van der Waals surface area contributed by atoms with Gasteiger partial charge in [0.25, 0.3) is 0 Å². The number of ether oxygens (including phenoxy) is 1. The van der Waals surface area contributed by atoms with Gasteiger partial charge < -0.3 is 4.74 Å². The third kappa shape index (κ3) is 2.96. The first-order valence-electron chi connectivity index (χ1n) is 7.60. The molecule has 23 heavy (non-hydrogen) atoms. The van der Waals surface area contributed by atoms with Gasteiger partial charge in [0.05, 0.1) is 18.0 Å². The molecule has 1 aromatic heterocycles. The zero-order chi connectivity index (χ0) is 16.4. The van der Waals surface area contributed by atoms with Crippen molar-refractivity contribution in [3.8, 4) is 5.75 Å². The van der Waals surface area contributed by atoms with E-state index in [2.05, 4.69) is 4.98 Å². The van der Waals surface area contributed by atoms with E-state index in [4.69, 9.17) is 4.74 Å². The highest BCUT2D eigenvalue weighted by Gasteiger charge is 2.36. The molecule has 0 saturated carbocycles. The Morgan fingerprint density at radius 2 is 1.96 bits per heavy atom. The lowest BCUT2D eigenvalue weighted by atomic mass is 10.1. The largest absolute Gasteiger partial charge is 0.496 e. The van der Waals surface area contributed by atoms with Crippen LogP contribution in [0, 0.1) is 6.92 Å². The van der Waals surface area contributed by atoms with E-state index in [1.165, 1.54) is 0 Å². The Hall–Kier alpha value is -1.92. The van der Waals surface area contributed by atoms with E-state index in [9.17, 15) is 8.42 Å². The average molecular weight is 332 g/mol. The van der Waals surface area contributed by atoms with Gasteiger partial charge in [-0.1, -0.05) is 0 Å². The van der Waals surface area contributed by atoms with Gasteiger partial charge in [-0.05, 0) is 61.2 Å². The van der Waals surface area contributed by atoms with Gasteiger partial charge >= 0.3 is 0 Å². The summed E-state index contributed by atoms with van der Waals surface area (Å²) < 4.78 is 32.9. The van der Waals surface area contributed by atoms with E-state index in [0.717, 1.165) is 24.0 Å². The molecule has 122 valence electrons. The number of aromatic nitrogens is 1. The zero-order valence-corrected chi connectivity index (χ0v) is 14.1. The van der Waals surface area contributed by atoms with Crippen molar-refractivity contribution >= 4 is 10.0 Å². The van der Waals surface area contributed by atoms with Crippen molar-refractivity contribution < 1.29 is 13.2 Å². The summed E-state index contributed by atoms with van der Waals surface area (Å²) in [4.78, 5) is 4.33. The van der Waals surface area contributed by atoms with Gasteiger partial charge in [-0.2, -0.15) is 4.31 Å². The topological polar surface area (TPSA) is 59.5 Å². The molecule has 2 heterocycles. The molecule has 6 heteroatoms. The number of hydrogen-bond acceptors (Lipinski definition) is 4. The Morgan fingerprint density at radius 3 is 2.61 bits per heavy atom. The number of benzene rings is 1.